The number of rotatable bonds is 3. The van der Waals surface area contributed by atoms with E-state index in [0.717, 1.165) is 0 Å². The predicted octanol–water partition coefficient (Wildman–Crippen LogP) is 6.64. The van der Waals surface area contributed by atoms with Crippen LogP contribution in [0.2, 0.25) is 20.2 Å². The van der Waals surface area contributed by atoms with E-state index >= 15 is 0 Å². The van der Waals surface area contributed by atoms with Gasteiger partial charge in [0.2, 0.25) is 0 Å². The lowest BCUT2D eigenvalue weighted by Crippen LogP contribution is -1.97. The van der Waals surface area contributed by atoms with E-state index in [1.165, 1.54) is 23.0 Å². The van der Waals surface area contributed by atoms with Gasteiger partial charge in [0.15, 0.2) is 0 Å². The number of hydrogen-bond donors (Lipinski definition) is 0. The van der Waals surface area contributed by atoms with Crippen molar-refractivity contribution in [1.29, 1.82) is 0 Å². The Bertz CT molecular complexity index is 631. The zero-order chi connectivity index (χ0) is 15.1. The van der Waals surface area contributed by atoms with Crippen molar-refractivity contribution in [2.45, 2.75) is 8.95 Å². The van der Waals surface area contributed by atoms with Gasteiger partial charge in [-0.3, -0.25) is 4.57 Å². The fourth-order valence-corrected chi connectivity index (χ4v) is 3.65. The highest BCUT2D eigenvalue weighted by Crippen LogP contribution is 2.44. The standard InChI is InChI=1S/C10H3Cl6FN2S/c11-4-1-5(12)7(6(13)2-4)19-3-18-9(8(19)14)20-10(15,16)17/h1-3H. The molecule has 0 aliphatic heterocycles. The Morgan fingerprint density at radius 2 is 1.65 bits per heavy atom. The summed E-state index contributed by atoms with van der Waals surface area (Å²) in [5.74, 6) is 0. The van der Waals surface area contributed by atoms with Crippen molar-refractivity contribution >= 4 is 81.4 Å². The first-order valence-corrected chi connectivity index (χ1v) is 7.91. The average molecular weight is 415 g/mol. The Labute approximate surface area is 148 Å². The van der Waals surface area contributed by atoms with E-state index in [9.17, 15) is 4.39 Å². The van der Waals surface area contributed by atoms with Gasteiger partial charge in [0.05, 0.1) is 15.7 Å². The van der Waals surface area contributed by atoms with E-state index < -0.39 is 3.92 Å². The Kier molecular flexibility index (Phi) is 5.29. The number of aromatic nitrogens is 2. The van der Waals surface area contributed by atoms with Gasteiger partial charge in [-0.15, -0.1) is 0 Å². The van der Waals surface area contributed by atoms with Crippen LogP contribution in [0.25, 0.3) is 5.69 Å². The molecule has 20 heavy (non-hydrogen) atoms. The topological polar surface area (TPSA) is 17.8 Å². The van der Waals surface area contributed by atoms with Crippen LogP contribution in [0.5, 0.6) is 0 Å². The molecule has 0 N–H and O–H groups in total. The molecule has 0 spiro atoms. The number of hydrogen-bond acceptors (Lipinski definition) is 2. The number of thioether (sulfide) groups is 1. The van der Waals surface area contributed by atoms with Crippen molar-refractivity contribution in [2.75, 3.05) is 0 Å². The third-order valence-corrected chi connectivity index (χ3v) is 4.57. The Balaban J connectivity index is 2.50. The maximum atomic E-state index is 13.2. The first-order chi connectivity index (χ1) is 9.19. The molecule has 0 saturated carbocycles. The third-order valence-electron chi connectivity index (χ3n) is 2.11. The van der Waals surface area contributed by atoms with E-state index in [2.05, 4.69) is 4.98 Å². The van der Waals surface area contributed by atoms with Gasteiger partial charge in [-0.25, -0.2) is 4.98 Å². The van der Waals surface area contributed by atoms with Crippen LogP contribution >= 0.6 is 81.4 Å². The summed E-state index contributed by atoms with van der Waals surface area (Å²) in [6.45, 7) is 0. The summed E-state index contributed by atoms with van der Waals surface area (Å²) in [6, 6.07) is 2.99. The predicted molar refractivity (Wildman–Crippen MR) is 85.0 cm³/mol. The summed E-state index contributed by atoms with van der Waals surface area (Å²) < 4.78 is 12.0. The second-order valence-corrected chi connectivity index (χ2v) is 7.92. The van der Waals surface area contributed by atoms with Gasteiger partial charge in [0, 0.05) is 5.02 Å². The third kappa shape index (κ3) is 3.80. The summed E-state index contributed by atoms with van der Waals surface area (Å²) in [6.07, 6.45) is 1.32. The van der Waals surface area contributed by atoms with Crippen molar-refractivity contribution in [3.8, 4) is 5.69 Å². The summed E-state index contributed by atoms with van der Waals surface area (Å²) >= 11 is 35.0. The highest BCUT2D eigenvalue weighted by molar-refractivity contribution is 8.03. The normalized spacial score (nSPS) is 11.9. The van der Waals surface area contributed by atoms with Gasteiger partial charge in [0.25, 0.3) is 0 Å². The largest absolute Gasteiger partial charge is 0.310 e. The van der Waals surface area contributed by atoms with Crippen molar-refractivity contribution < 1.29 is 4.39 Å². The number of halogens is 7. The zero-order valence-corrected chi connectivity index (χ0v) is 14.5. The summed E-state index contributed by atoms with van der Waals surface area (Å²) in [4.78, 5) is 3.92. The smallest absolute Gasteiger partial charge is 0.286 e. The van der Waals surface area contributed by atoms with Crippen molar-refractivity contribution in [3.05, 3.63) is 38.7 Å². The lowest BCUT2D eigenvalue weighted by Gasteiger charge is -2.10. The second kappa shape index (κ2) is 6.29. The molecule has 2 nitrogen and oxygen atoms in total. The quantitative estimate of drug-likeness (QED) is 0.414. The average Bonchev–Trinajstić information content (AvgIpc) is 2.58. The summed E-state index contributed by atoms with van der Waals surface area (Å²) in [7, 11) is 0. The van der Waals surface area contributed by atoms with E-state index in [4.69, 9.17) is 69.6 Å². The number of imidazole rings is 1. The zero-order valence-electron chi connectivity index (χ0n) is 9.18. The molecule has 2 rings (SSSR count). The lowest BCUT2D eigenvalue weighted by molar-refractivity contribution is 0.515. The van der Waals surface area contributed by atoms with Crippen molar-refractivity contribution in [2.24, 2.45) is 0 Å². The maximum absolute atomic E-state index is 13.2. The van der Waals surface area contributed by atoms with Gasteiger partial charge in [0.1, 0.15) is 16.5 Å². The summed E-state index contributed by atoms with van der Waals surface area (Å²) in [5.41, 5.74) is 0.371. The number of nitrogens with zero attached hydrogens (tertiary/aromatic N) is 2. The molecule has 0 fully saturated rings. The second-order valence-electron chi connectivity index (χ2n) is 3.48. The van der Waals surface area contributed by atoms with Crippen LogP contribution in [0.3, 0.4) is 0 Å². The fourth-order valence-electron chi connectivity index (χ4n) is 1.42. The van der Waals surface area contributed by atoms with Crippen LogP contribution < -0.4 is 0 Å². The Hall–Kier alpha value is 0.450. The van der Waals surface area contributed by atoms with Crippen molar-refractivity contribution in [3.63, 3.8) is 0 Å². The molecule has 108 valence electrons. The van der Waals surface area contributed by atoms with E-state index in [1.807, 2.05) is 0 Å². The van der Waals surface area contributed by atoms with Gasteiger partial charge in [-0.1, -0.05) is 69.6 Å². The van der Waals surface area contributed by atoms with Gasteiger partial charge < -0.3 is 0 Å². The maximum Gasteiger partial charge on any atom is 0.310 e. The van der Waals surface area contributed by atoms with Crippen LogP contribution in [-0.2, 0) is 0 Å². The molecule has 0 saturated heterocycles. The monoisotopic (exact) mass is 412 g/mol. The fraction of sp³-hybridized carbons (Fsp3) is 0.100. The molecule has 2 aromatic rings. The van der Waals surface area contributed by atoms with E-state index in [1.54, 1.807) is 0 Å². The molecule has 0 aliphatic carbocycles. The van der Waals surface area contributed by atoms with Gasteiger partial charge in [-0.05, 0) is 23.9 Å². The molecule has 0 atom stereocenters. The molecule has 10 heteroatoms. The molecule has 1 aromatic carbocycles. The van der Waals surface area contributed by atoms with Crippen LogP contribution in [-0.4, -0.2) is 13.5 Å². The first kappa shape index (κ1) is 16.8. The molecule has 1 aromatic heterocycles. The SMILES string of the molecule is FC(Cl)(Cl)Sc1ncn(-c2c(Cl)cc(Cl)cc2Cl)c1Cl. The molecular weight excluding hydrogens is 412 g/mol. The van der Waals surface area contributed by atoms with Crippen LogP contribution in [0.1, 0.15) is 0 Å². The molecule has 0 unspecified atom stereocenters. The van der Waals surface area contributed by atoms with Gasteiger partial charge >= 0.3 is 3.92 Å². The van der Waals surface area contributed by atoms with Crippen LogP contribution in [0, 0.1) is 0 Å². The number of alkyl halides is 3. The lowest BCUT2D eigenvalue weighted by atomic mass is 10.3. The molecule has 1 heterocycles. The minimum atomic E-state index is -2.55. The minimum Gasteiger partial charge on any atom is -0.286 e. The van der Waals surface area contributed by atoms with Crippen molar-refractivity contribution in [1.82, 2.24) is 9.55 Å². The van der Waals surface area contributed by atoms with E-state index in [-0.39, 0.29) is 20.2 Å². The molecule has 0 bridgehead atoms. The highest BCUT2D eigenvalue weighted by Gasteiger charge is 2.28. The molecular formula is C10H3Cl6FN2S. The molecule has 0 aliphatic rings. The Morgan fingerprint density at radius 1 is 1.10 bits per heavy atom. The van der Waals surface area contributed by atoms with Crippen LogP contribution in [0.4, 0.5) is 4.39 Å². The molecule has 0 radical (unpaired) electrons. The van der Waals surface area contributed by atoms with Gasteiger partial charge in [-0.2, -0.15) is 4.39 Å². The highest BCUT2D eigenvalue weighted by atomic mass is 35.5. The van der Waals surface area contributed by atoms with E-state index in [0.29, 0.717) is 22.5 Å². The molecule has 0 amide bonds. The number of benzene rings is 1. The minimum absolute atomic E-state index is 0.0736. The van der Waals surface area contributed by atoms with Crippen LogP contribution in [0.15, 0.2) is 23.5 Å². The Morgan fingerprint density at radius 3 is 2.15 bits per heavy atom. The first-order valence-electron chi connectivity index (χ1n) is 4.82. The summed E-state index contributed by atoms with van der Waals surface area (Å²) in [5, 5.41) is 1.08.